The summed E-state index contributed by atoms with van der Waals surface area (Å²) in [6, 6.07) is 11.1. The smallest absolute Gasteiger partial charge is 0.174 e. The van der Waals surface area contributed by atoms with E-state index < -0.39 is 0 Å². The maximum Gasteiger partial charge on any atom is 0.174 e. The number of anilines is 1. The van der Waals surface area contributed by atoms with Gasteiger partial charge < -0.3 is 10.1 Å². The first-order chi connectivity index (χ1) is 9.36. The van der Waals surface area contributed by atoms with Crippen molar-refractivity contribution in [3.63, 3.8) is 0 Å². The Morgan fingerprint density at radius 3 is 3.21 bits per heavy atom. The summed E-state index contributed by atoms with van der Waals surface area (Å²) >= 11 is 0. The molecule has 2 atom stereocenters. The average Bonchev–Trinajstić information content (AvgIpc) is 3.02. The molecule has 2 aliphatic rings. The van der Waals surface area contributed by atoms with E-state index in [1.54, 1.807) is 0 Å². The maximum absolute atomic E-state index is 8.53. The minimum atomic E-state index is 0.100. The number of hydrogen-bond acceptors (Lipinski definition) is 4. The zero-order valence-electron chi connectivity index (χ0n) is 11.0. The minimum Gasteiger partial charge on any atom is -0.479 e. The van der Waals surface area contributed by atoms with Gasteiger partial charge in [-0.2, -0.15) is 5.26 Å². The first kappa shape index (κ1) is 12.3. The quantitative estimate of drug-likeness (QED) is 0.898. The van der Waals surface area contributed by atoms with Crippen LogP contribution in [0.2, 0.25) is 0 Å². The molecular formula is C15H19N3O. The van der Waals surface area contributed by atoms with E-state index in [0.29, 0.717) is 12.1 Å². The summed E-state index contributed by atoms with van der Waals surface area (Å²) in [5.41, 5.74) is 1.09. The topological polar surface area (TPSA) is 48.3 Å². The van der Waals surface area contributed by atoms with Crippen molar-refractivity contribution in [2.45, 2.75) is 31.3 Å². The summed E-state index contributed by atoms with van der Waals surface area (Å²) in [5, 5.41) is 12.2. The van der Waals surface area contributed by atoms with Crippen LogP contribution in [0.3, 0.4) is 0 Å². The van der Waals surface area contributed by atoms with Crippen molar-refractivity contribution in [2.24, 2.45) is 0 Å². The number of fused-ring (bicyclic) bond motifs is 1. The maximum atomic E-state index is 8.53. The number of ether oxygens (including phenoxy) is 1. The lowest BCUT2D eigenvalue weighted by Gasteiger charge is -2.22. The number of nitrogens with zero attached hydrogens (tertiary/aromatic N) is 2. The standard InChI is InChI=1S/C15H19N3O/c16-7-10-19-13-4-1-3-12(11-13)17-14-6-9-18-8-2-5-15(14)18/h1,3-4,11,14-15,17H,2,5-6,8-10H2. The predicted octanol–water partition coefficient (Wildman–Crippen LogP) is 2.24. The predicted molar refractivity (Wildman–Crippen MR) is 74.2 cm³/mol. The number of hydrogen-bond donors (Lipinski definition) is 1. The van der Waals surface area contributed by atoms with E-state index in [2.05, 4.69) is 16.3 Å². The van der Waals surface area contributed by atoms with Gasteiger partial charge in [-0.25, -0.2) is 0 Å². The van der Waals surface area contributed by atoms with Gasteiger partial charge in [-0.1, -0.05) is 6.07 Å². The molecule has 0 amide bonds. The molecule has 19 heavy (non-hydrogen) atoms. The molecule has 2 saturated heterocycles. The molecule has 2 aliphatic heterocycles. The van der Waals surface area contributed by atoms with Gasteiger partial charge in [-0.15, -0.1) is 0 Å². The van der Waals surface area contributed by atoms with Crippen LogP contribution in [0.1, 0.15) is 19.3 Å². The molecule has 2 fully saturated rings. The van der Waals surface area contributed by atoms with E-state index in [4.69, 9.17) is 10.00 Å². The third-order valence-electron chi connectivity index (χ3n) is 4.10. The molecule has 0 aromatic heterocycles. The van der Waals surface area contributed by atoms with Gasteiger partial charge in [0, 0.05) is 30.4 Å². The summed E-state index contributed by atoms with van der Waals surface area (Å²) in [5.74, 6) is 0.757. The van der Waals surface area contributed by atoms with Crippen LogP contribution in [0, 0.1) is 11.3 Å². The highest BCUT2D eigenvalue weighted by Gasteiger charge is 2.36. The number of nitriles is 1. The second-order valence-corrected chi connectivity index (χ2v) is 5.26. The Bertz CT molecular complexity index is 483. The Balaban J connectivity index is 1.65. The van der Waals surface area contributed by atoms with Crippen molar-refractivity contribution in [3.05, 3.63) is 24.3 Å². The van der Waals surface area contributed by atoms with Crippen molar-refractivity contribution >= 4 is 5.69 Å². The van der Waals surface area contributed by atoms with Gasteiger partial charge in [0.15, 0.2) is 6.61 Å². The molecule has 0 spiro atoms. The van der Waals surface area contributed by atoms with Crippen molar-refractivity contribution in [3.8, 4) is 11.8 Å². The van der Waals surface area contributed by atoms with E-state index in [1.807, 2.05) is 24.3 Å². The number of nitrogens with one attached hydrogen (secondary N) is 1. The van der Waals surface area contributed by atoms with Crippen LogP contribution in [-0.2, 0) is 0 Å². The van der Waals surface area contributed by atoms with E-state index in [-0.39, 0.29) is 6.61 Å². The highest BCUT2D eigenvalue weighted by atomic mass is 16.5. The van der Waals surface area contributed by atoms with Gasteiger partial charge in [0.1, 0.15) is 11.8 Å². The zero-order chi connectivity index (χ0) is 13.1. The summed E-state index contributed by atoms with van der Waals surface area (Å²) in [7, 11) is 0. The molecule has 2 heterocycles. The van der Waals surface area contributed by atoms with Crippen LogP contribution in [0.5, 0.6) is 5.75 Å². The van der Waals surface area contributed by atoms with Crippen LogP contribution in [0.4, 0.5) is 5.69 Å². The average molecular weight is 257 g/mol. The number of rotatable bonds is 4. The fraction of sp³-hybridized carbons (Fsp3) is 0.533. The van der Waals surface area contributed by atoms with Crippen LogP contribution >= 0.6 is 0 Å². The molecule has 1 aromatic rings. The normalized spacial score (nSPS) is 25.8. The SMILES string of the molecule is N#CCOc1cccc(NC2CCN3CCCC23)c1. The van der Waals surface area contributed by atoms with E-state index in [1.165, 1.54) is 32.4 Å². The van der Waals surface area contributed by atoms with Crippen LogP contribution in [-0.4, -0.2) is 36.7 Å². The Morgan fingerprint density at radius 1 is 1.37 bits per heavy atom. The van der Waals surface area contributed by atoms with Crippen LogP contribution in [0.25, 0.3) is 0 Å². The molecule has 4 nitrogen and oxygen atoms in total. The molecule has 0 aliphatic carbocycles. The van der Waals surface area contributed by atoms with Gasteiger partial charge in [0.2, 0.25) is 0 Å². The molecule has 100 valence electrons. The Labute approximate surface area is 114 Å². The van der Waals surface area contributed by atoms with Gasteiger partial charge in [0.25, 0.3) is 0 Å². The minimum absolute atomic E-state index is 0.100. The summed E-state index contributed by atoms with van der Waals surface area (Å²) < 4.78 is 5.34. The summed E-state index contributed by atoms with van der Waals surface area (Å²) in [4.78, 5) is 2.59. The van der Waals surface area contributed by atoms with Crippen molar-refractivity contribution < 1.29 is 4.74 Å². The summed E-state index contributed by atoms with van der Waals surface area (Å²) in [6.45, 7) is 2.57. The van der Waals surface area contributed by atoms with Crippen molar-refractivity contribution in [2.75, 3.05) is 25.0 Å². The zero-order valence-corrected chi connectivity index (χ0v) is 11.0. The van der Waals surface area contributed by atoms with E-state index >= 15 is 0 Å². The van der Waals surface area contributed by atoms with E-state index in [9.17, 15) is 0 Å². The molecule has 1 N–H and O–H groups in total. The lowest BCUT2D eigenvalue weighted by Crippen LogP contribution is -2.33. The molecule has 3 rings (SSSR count). The highest BCUT2D eigenvalue weighted by molar-refractivity contribution is 5.49. The third-order valence-corrected chi connectivity index (χ3v) is 4.10. The van der Waals surface area contributed by atoms with Crippen LogP contribution in [0.15, 0.2) is 24.3 Å². The molecule has 2 unspecified atom stereocenters. The Morgan fingerprint density at radius 2 is 2.32 bits per heavy atom. The third kappa shape index (κ3) is 2.66. The molecule has 1 aromatic carbocycles. The van der Waals surface area contributed by atoms with Gasteiger partial charge in [-0.3, -0.25) is 4.90 Å². The van der Waals surface area contributed by atoms with Crippen molar-refractivity contribution in [1.29, 1.82) is 5.26 Å². The lowest BCUT2D eigenvalue weighted by atomic mass is 10.1. The molecule has 0 radical (unpaired) electrons. The van der Waals surface area contributed by atoms with Crippen LogP contribution < -0.4 is 10.1 Å². The van der Waals surface area contributed by atoms with Crippen molar-refractivity contribution in [1.82, 2.24) is 4.90 Å². The van der Waals surface area contributed by atoms with Gasteiger partial charge >= 0.3 is 0 Å². The second-order valence-electron chi connectivity index (χ2n) is 5.26. The Kier molecular flexibility index (Phi) is 3.56. The highest BCUT2D eigenvalue weighted by Crippen LogP contribution is 2.30. The Hall–Kier alpha value is -1.73. The van der Waals surface area contributed by atoms with E-state index in [0.717, 1.165) is 11.4 Å². The molecule has 4 heteroatoms. The van der Waals surface area contributed by atoms with Gasteiger partial charge in [0.05, 0.1) is 0 Å². The molecule has 0 saturated carbocycles. The monoisotopic (exact) mass is 257 g/mol. The molecular weight excluding hydrogens is 238 g/mol. The first-order valence-electron chi connectivity index (χ1n) is 6.97. The first-order valence-corrected chi connectivity index (χ1v) is 6.97. The molecule has 0 bridgehead atoms. The lowest BCUT2D eigenvalue weighted by molar-refractivity contribution is 0.318. The largest absolute Gasteiger partial charge is 0.479 e. The second kappa shape index (κ2) is 5.50. The fourth-order valence-corrected chi connectivity index (χ4v) is 3.26. The fourth-order valence-electron chi connectivity index (χ4n) is 3.26. The summed E-state index contributed by atoms with van der Waals surface area (Å²) in [6.07, 6.45) is 3.85. The number of benzene rings is 1. The van der Waals surface area contributed by atoms with Gasteiger partial charge in [-0.05, 0) is 37.9 Å².